The monoisotopic (exact) mass is 326 g/mol. The SMILES string of the molecule is CC(C)(C(=N)N)N1CCN(S(=O)(=O)CS(C)(=O)=O)CC1. The first-order valence-electron chi connectivity index (χ1n) is 6.11. The minimum Gasteiger partial charge on any atom is -0.386 e. The largest absolute Gasteiger partial charge is 0.386 e. The molecule has 0 spiro atoms. The van der Waals surface area contributed by atoms with Crippen molar-refractivity contribution < 1.29 is 16.8 Å². The van der Waals surface area contributed by atoms with E-state index < -0.39 is 30.5 Å². The van der Waals surface area contributed by atoms with Gasteiger partial charge in [0.1, 0.15) is 5.84 Å². The fraction of sp³-hybridized carbons (Fsp3) is 0.900. The van der Waals surface area contributed by atoms with Crippen molar-refractivity contribution in [3.63, 3.8) is 0 Å². The summed E-state index contributed by atoms with van der Waals surface area (Å²) in [6.45, 7) is 4.83. The zero-order valence-electron chi connectivity index (χ0n) is 12.0. The molecule has 0 bridgehead atoms. The van der Waals surface area contributed by atoms with Crippen molar-refractivity contribution in [3.05, 3.63) is 0 Å². The Morgan fingerprint density at radius 2 is 1.60 bits per heavy atom. The van der Waals surface area contributed by atoms with E-state index in [9.17, 15) is 16.8 Å². The number of hydrogen-bond donors (Lipinski definition) is 2. The highest BCUT2D eigenvalue weighted by Crippen LogP contribution is 2.18. The molecule has 1 aliphatic heterocycles. The number of sulfonamides is 1. The lowest BCUT2D eigenvalue weighted by Crippen LogP contribution is -2.60. The molecule has 0 atom stereocenters. The average molecular weight is 326 g/mol. The number of nitrogens with zero attached hydrogens (tertiary/aromatic N) is 2. The van der Waals surface area contributed by atoms with Gasteiger partial charge >= 0.3 is 0 Å². The molecule has 0 saturated carbocycles. The van der Waals surface area contributed by atoms with Gasteiger partial charge < -0.3 is 5.73 Å². The first kappa shape index (κ1) is 17.3. The number of piperazine rings is 1. The van der Waals surface area contributed by atoms with Gasteiger partial charge in [0.05, 0.1) is 5.54 Å². The Morgan fingerprint density at radius 3 is 1.95 bits per heavy atom. The topological polar surface area (TPSA) is 125 Å². The van der Waals surface area contributed by atoms with Gasteiger partial charge in [0.2, 0.25) is 10.0 Å². The van der Waals surface area contributed by atoms with E-state index >= 15 is 0 Å². The van der Waals surface area contributed by atoms with Gasteiger partial charge in [0.15, 0.2) is 14.9 Å². The average Bonchev–Trinajstić information content (AvgIpc) is 2.25. The van der Waals surface area contributed by atoms with Crippen LogP contribution in [0.15, 0.2) is 0 Å². The second kappa shape index (κ2) is 5.58. The molecule has 0 amide bonds. The minimum atomic E-state index is -3.80. The fourth-order valence-corrected chi connectivity index (χ4v) is 5.52. The molecule has 10 heteroatoms. The summed E-state index contributed by atoms with van der Waals surface area (Å²) < 4.78 is 47.4. The number of sulfone groups is 1. The Morgan fingerprint density at radius 1 is 1.15 bits per heavy atom. The van der Waals surface area contributed by atoms with Crippen LogP contribution in [0.4, 0.5) is 0 Å². The van der Waals surface area contributed by atoms with Gasteiger partial charge in [-0.05, 0) is 13.8 Å². The van der Waals surface area contributed by atoms with Gasteiger partial charge in [-0.15, -0.1) is 0 Å². The van der Waals surface area contributed by atoms with Gasteiger partial charge in [-0.1, -0.05) is 0 Å². The molecule has 1 aliphatic rings. The van der Waals surface area contributed by atoms with Crippen LogP contribution in [0.25, 0.3) is 0 Å². The van der Waals surface area contributed by atoms with E-state index in [0.29, 0.717) is 13.1 Å². The standard InChI is InChI=1S/C10H22N4O4S2/c1-10(2,9(11)12)13-4-6-14(7-5-13)20(17,18)8-19(3,15)16/h4-8H2,1-3H3,(H3,11,12). The van der Waals surface area contributed by atoms with Gasteiger partial charge in [0, 0.05) is 32.4 Å². The first-order valence-corrected chi connectivity index (χ1v) is 9.78. The summed E-state index contributed by atoms with van der Waals surface area (Å²) in [6.07, 6.45) is 0.902. The lowest BCUT2D eigenvalue weighted by molar-refractivity contribution is 0.121. The quantitative estimate of drug-likeness (QED) is 0.475. The summed E-state index contributed by atoms with van der Waals surface area (Å²) in [5.74, 6) is 0.0185. The van der Waals surface area contributed by atoms with Crippen LogP contribution in [-0.2, 0) is 19.9 Å². The minimum absolute atomic E-state index is 0.0185. The van der Waals surface area contributed by atoms with Crippen molar-refractivity contribution in [2.75, 3.05) is 37.5 Å². The van der Waals surface area contributed by atoms with Crippen LogP contribution in [0, 0.1) is 5.41 Å². The van der Waals surface area contributed by atoms with Crippen molar-refractivity contribution in [2.45, 2.75) is 19.4 Å². The van der Waals surface area contributed by atoms with Crippen molar-refractivity contribution in [3.8, 4) is 0 Å². The Kier molecular flexibility index (Phi) is 4.84. The zero-order chi connectivity index (χ0) is 15.8. The summed E-state index contributed by atoms with van der Waals surface area (Å²) in [7, 11) is -7.38. The van der Waals surface area contributed by atoms with Crippen molar-refractivity contribution >= 4 is 25.7 Å². The van der Waals surface area contributed by atoms with E-state index in [2.05, 4.69) is 0 Å². The smallest absolute Gasteiger partial charge is 0.228 e. The highest BCUT2D eigenvalue weighted by Gasteiger charge is 2.36. The van der Waals surface area contributed by atoms with Crippen LogP contribution in [0.5, 0.6) is 0 Å². The molecule has 118 valence electrons. The third-order valence-corrected chi connectivity index (χ3v) is 7.50. The number of hydrogen-bond acceptors (Lipinski definition) is 6. The lowest BCUT2D eigenvalue weighted by atomic mass is 10.0. The number of rotatable bonds is 5. The summed E-state index contributed by atoms with van der Waals surface area (Å²) in [6, 6.07) is 0. The molecule has 1 saturated heterocycles. The van der Waals surface area contributed by atoms with Gasteiger partial charge in [-0.25, -0.2) is 16.8 Å². The first-order chi connectivity index (χ1) is 8.86. The zero-order valence-corrected chi connectivity index (χ0v) is 13.6. The molecule has 0 unspecified atom stereocenters. The Balaban J connectivity index is 2.75. The van der Waals surface area contributed by atoms with Crippen LogP contribution >= 0.6 is 0 Å². The van der Waals surface area contributed by atoms with Crippen LogP contribution in [-0.4, -0.2) is 74.9 Å². The molecule has 8 nitrogen and oxygen atoms in total. The van der Waals surface area contributed by atoms with E-state index in [1.54, 1.807) is 13.8 Å². The van der Waals surface area contributed by atoms with Crippen molar-refractivity contribution in [2.24, 2.45) is 5.73 Å². The van der Waals surface area contributed by atoms with Gasteiger partial charge in [-0.2, -0.15) is 4.31 Å². The van der Waals surface area contributed by atoms with E-state index in [0.717, 1.165) is 6.26 Å². The van der Waals surface area contributed by atoms with E-state index in [1.807, 2.05) is 4.90 Å². The second-order valence-electron chi connectivity index (χ2n) is 5.51. The summed E-state index contributed by atoms with van der Waals surface area (Å²) >= 11 is 0. The van der Waals surface area contributed by atoms with E-state index in [-0.39, 0.29) is 18.9 Å². The highest BCUT2D eigenvalue weighted by atomic mass is 32.3. The maximum absolute atomic E-state index is 12.0. The highest BCUT2D eigenvalue weighted by molar-refractivity contribution is 8.06. The van der Waals surface area contributed by atoms with Gasteiger partial charge in [-0.3, -0.25) is 10.3 Å². The molecule has 1 heterocycles. The predicted octanol–water partition coefficient (Wildman–Crippen LogP) is -1.35. The third-order valence-electron chi connectivity index (χ3n) is 3.44. The summed E-state index contributed by atoms with van der Waals surface area (Å²) in [5.41, 5.74) is 4.90. The molecule has 0 aromatic rings. The third kappa shape index (κ3) is 4.14. The second-order valence-corrected chi connectivity index (χ2v) is 9.99. The number of amidine groups is 1. The van der Waals surface area contributed by atoms with Crippen LogP contribution < -0.4 is 5.73 Å². The predicted molar refractivity (Wildman–Crippen MR) is 77.8 cm³/mol. The van der Waals surface area contributed by atoms with E-state index in [4.69, 9.17) is 11.1 Å². The Hall–Kier alpha value is -0.710. The maximum atomic E-state index is 12.0. The molecular weight excluding hydrogens is 304 g/mol. The summed E-state index contributed by atoms with van der Waals surface area (Å²) in [4.78, 5) is 1.92. The molecule has 20 heavy (non-hydrogen) atoms. The maximum Gasteiger partial charge on any atom is 0.228 e. The molecule has 0 aliphatic carbocycles. The molecule has 1 rings (SSSR count). The number of nitrogens with two attached hydrogens (primary N) is 1. The van der Waals surface area contributed by atoms with Gasteiger partial charge in [0.25, 0.3) is 0 Å². The lowest BCUT2D eigenvalue weighted by Gasteiger charge is -2.42. The fourth-order valence-electron chi connectivity index (χ4n) is 2.04. The summed E-state index contributed by atoms with van der Waals surface area (Å²) in [5, 5.41) is 6.68. The molecule has 0 aromatic heterocycles. The molecule has 1 fully saturated rings. The molecule has 0 radical (unpaired) electrons. The molecular formula is C10H22N4O4S2. The Labute approximate surface area is 120 Å². The van der Waals surface area contributed by atoms with Crippen molar-refractivity contribution in [1.29, 1.82) is 5.41 Å². The molecule has 0 aromatic carbocycles. The van der Waals surface area contributed by atoms with E-state index in [1.165, 1.54) is 4.31 Å². The molecule has 3 N–H and O–H groups in total. The van der Waals surface area contributed by atoms with Crippen LogP contribution in [0.1, 0.15) is 13.8 Å². The Bertz CT molecular complexity index is 574. The van der Waals surface area contributed by atoms with Crippen LogP contribution in [0.3, 0.4) is 0 Å². The van der Waals surface area contributed by atoms with Crippen molar-refractivity contribution in [1.82, 2.24) is 9.21 Å². The number of nitrogens with one attached hydrogen (secondary N) is 1. The van der Waals surface area contributed by atoms with Crippen LogP contribution in [0.2, 0.25) is 0 Å². The normalized spacial score (nSPS) is 19.9.